The van der Waals surface area contributed by atoms with Crippen molar-refractivity contribution in [3.8, 4) is 0 Å². The summed E-state index contributed by atoms with van der Waals surface area (Å²) in [6.07, 6.45) is 0. The third kappa shape index (κ3) is 2.66. The lowest BCUT2D eigenvalue weighted by atomic mass is 10.4. The SMILES string of the molecule is CCOC(=O)CSc1n[nH]c(C)c1N. The van der Waals surface area contributed by atoms with Gasteiger partial charge in [-0.15, -0.1) is 0 Å². The fraction of sp³-hybridized carbons (Fsp3) is 0.500. The maximum Gasteiger partial charge on any atom is 0.316 e. The van der Waals surface area contributed by atoms with Crippen LogP contribution in [0, 0.1) is 6.92 Å². The van der Waals surface area contributed by atoms with E-state index >= 15 is 0 Å². The first-order chi connectivity index (χ1) is 6.65. The predicted octanol–water partition coefficient (Wildman–Crippen LogP) is 0.956. The summed E-state index contributed by atoms with van der Waals surface area (Å²) in [5.74, 6) is -0.0138. The molecule has 0 saturated carbocycles. The largest absolute Gasteiger partial charge is 0.465 e. The van der Waals surface area contributed by atoms with Crippen LogP contribution in [0.2, 0.25) is 0 Å². The summed E-state index contributed by atoms with van der Waals surface area (Å²) >= 11 is 1.27. The van der Waals surface area contributed by atoms with Gasteiger partial charge in [0.15, 0.2) is 0 Å². The van der Waals surface area contributed by atoms with Crippen molar-refractivity contribution in [3.63, 3.8) is 0 Å². The van der Waals surface area contributed by atoms with Gasteiger partial charge >= 0.3 is 5.97 Å². The van der Waals surface area contributed by atoms with Gasteiger partial charge in [0.2, 0.25) is 0 Å². The lowest BCUT2D eigenvalue weighted by molar-refractivity contribution is -0.139. The Morgan fingerprint density at radius 2 is 2.43 bits per heavy atom. The van der Waals surface area contributed by atoms with Gasteiger partial charge in [-0.3, -0.25) is 9.89 Å². The molecule has 0 aliphatic carbocycles. The molecule has 0 spiro atoms. The van der Waals surface area contributed by atoms with E-state index in [1.165, 1.54) is 11.8 Å². The highest BCUT2D eigenvalue weighted by Gasteiger charge is 2.09. The Kier molecular flexibility index (Phi) is 3.82. The molecule has 14 heavy (non-hydrogen) atoms. The van der Waals surface area contributed by atoms with Crippen molar-refractivity contribution in [2.45, 2.75) is 18.9 Å². The minimum atomic E-state index is -0.252. The molecule has 1 rings (SSSR count). The van der Waals surface area contributed by atoms with E-state index < -0.39 is 0 Å². The first kappa shape index (κ1) is 10.9. The third-order valence-corrected chi connectivity index (χ3v) is 2.56. The summed E-state index contributed by atoms with van der Waals surface area (Å²) in [5, 5.41) is 7.35. The minimum Gasteiger partial charge on any atom is -0.465 e. The smallest absolute Gasteiger partial charge is 0.316 e. The summed E-state index contributed by atoms with van der Waals surface area (Å²) in [4.78, 5) is 11.0. The van der Waals surface area contributed by atoms with Gasteiger partial charge in [-0.1, -0.05) is 11.8 Å². The molecule has 3 N–H and O–H groups in total. The second kappa shape index (κ2) is 4.90. The Balaban J connectivity index is 2.46. The quantitative estimate of drug-likeness (QED) is 0.577. The Morgan fingerprint density at radius 3 is 2.93 bits per heavy atom. The zero-order valence-corrected chi connectivity index (χ0v) is 8.98. The van der Waals surface area contributed by atoms with Crippen molar-refractivity contribution in [1.29, 1.82) is 0 Å². The average molecular weight is 215 g/mol. The molecule has 0 amide bonds. The van der Waals surface area contributed by atoms with Crippen LogP contribution < -0.4 is 5.73 Å². The van der Waals surface area contributed by atoms with Gasteiger partial charge in [0, 0.05) is 0 Å². The second-order valence-corrected chi connectivity index (χ2v) is 3.63. The molecule has 0 atom stereocenters. The van der Waals surface area contributed by atoms with Crippen molar-refractivity contribution in [2.75, 3.05) is 18.1 Å². The average Bonchev–Trinajstić information content (AvgIpc) is 2.46. The molecule has 0 saturated heterocycles. The van der Waals surface area contributed by atoms with E-state index in [9.17, 15) is 4.79 Å². The number of anilines is 1. The number of aromatic amines is 1. The van der Waals surface area contributed by atoms with Crippen LogP contribution in [0.1, 0.15) is 12.6 Å². The summed E-state index contributed by atoms with van der Waals surface area (Å²) in [6.45, 7) is 4.00. The van der Waals surface area contributed by atoms with Crippen molar-refractivity contribution < 1.29 is 9.53 Å². The highest BCUT2D eigenvalue weighted by Crippen LogP contribution is 2.24. The second-order valence-electron chi connectivity index (χ2n) is 2.66. The number of nitrogens with two attached hydrogens (primary N) is 1. The van der Waals surface area contributed by atoms with E-state index in [0.29, 0.717) is 17.3 Å². The number of H-pyrrole nitrogens is 1. The summed E-state index contributed by atoms with van der Waals surface area (Å²) in [5.41, 5.74) is 7.11. The molecular formula is C8H13N3O2S. The molecule has 0 aromatic carbocycles. The van der Waals surface area contributed by atoms with Crippen molar-refractivity contribution >= 4 is 23.4 Å². The predicted molar refractivity (Wildman–Crippen MR) is 55.1 cm³/mol. The molecule has 0 aliphatic rings. The lowest BCUT2D eigenvalue weighted by Gasteiger charge is -1.99. The first-order valence-corrected chi connectivity index (χ1v) is 5.22. The minimum absolute atomic E-state index is 0.238. The number of nitrogens with zero attached hydrogens (tertiary/aromatic N) is 1. The Bertz CT molecular complexity index is 324. The molecule has 5 nitrogen and oxygen atoms in total. The van der Waals surface area contributed by atoms with E-state index in [-0.39, 0.29) is 11.7 Å². The van der Waals surface area contributed by atoms with E-state index in [4.69, 9.17) is 10.5 Å². The number of rotatable bonds is 4. The molecule has 0 aliphatic heterocycles. The van der Waals surface area contributed by atoms with Crippen LogP contribution in [-0.4, -0.2) is 28.5 Å². The number of ether oxygens (including phenoxy) is 1. The Hall–Kier alpha value is -1.17. The molecule has 0 bridgehead atoms. The molecule has 0 radical (unpaired) electrons. The Morgan fingerprint density at radius 1 is 1.71 bits per heavy atom. The summed E-state index contributed by atoms with van der Waals surface area (Å²) < 4.78 is 4.77. The molecule has 78 valence electrons. The monoisotopic (exact) mass is 215 g/mol. The normalized spacial score (nSPS) is 10.1. The molecule has 0 fully saturated rings. The fourth-order valence-corrected chi connectivity index (χ4v) is 1.61. The van der Waals surface area contributed by atoms with Crippen LogP contribution in [-0.2, 0) is 9.53 Å². The first-order valence-electron chi connectivity index (χ1n) is 4.24. The zero-order valence-electron chi connectivity index (χ0n) is 8.16. The maximum atomic E-state index is 11.0. The zero-order chi connectivity index (χ0) is 10.6. The van der Waals surface area contributed by atoms with Crippen LogP contribution in [0.15, 0.2) is 5.03 Å². The van der Waals surface area contributed by atoms with E-state index in [1.54, 1.807) is 6.92 Å². The van der Waals surface area contributed by atoms with Crippen LogP contribution in [0.25, 0.3) is 0 Å². The Labute approximate surface area is 86.4 Å². The van der Waals surface area contributed by atoms with Crippen LogP contribution >= 0.6 is 11.8 Å². The topological polar surface area (TPSA) is 81.0 Å². The summed E-state index contributed by atoms with van der Waals surface area (Å²) in [7, 11) is 0. The number of thioether (sulfide) groups is 1. The van der Waals surface area contributed by atoms with E-state index in [0.717, 1.165) is 5.69 Å². The van der Waals surface area contributed by atoms with Gasteiger partial charge in [0.25, 0.3) is 0 Å². The highest BCUT2D eigenvalue weighted by molar-refractivity contribution is 8.00. The fourth-order valence-electron chi connectivity index (χ4n) is 0.855. The standard InChI is InChI=1S/C8H13N3O2S/c1-3-13-6(12)4-14-8-7(9)5(2)10-11-8/h3-4,9H2,1-2H3,(H,10,11). The van der Waals surface area contributed by atoms with Gasteiger partial charge < -0.3 is 10.5 Å². The number of nitrogens with one attached hydrogen (secondary N) is 1. The van der Waals surface area contributed by atoms with Crippen molar-refractivity contribution in [2.24, 2.45) is 0 Å². The summed E-state index contributed by atoms with van der Waals surface area (Å²) in [6, 6.07) is 0. The number of aryl methyl sites for hydroxylation is 1. The number of carbonyl (C=O) groups is 1. The molecule has 0 unspecified atom stereocenters. The van der Waals surface area contributed by atoms with E-state index in [2.05, 4.69) is 10.2 Å². The molecule has 1 aromatic rings. The van der Waals surface area contributed by atoms with Gasteiger partial charge in [-0.05, 0) is 13.8 Å². The highest BCUT2D eigenvalue weighted by atomic mass is 32.2. The number of esters is 1. The van der Waals surface area contributed by atoms with Gasteiger partial charge in [0.1, 0.15) is 5.03 Å². The number of aromatic nitrogens is 2. The van der Waals surface area contributed by atoms with Crippen LogP contribution in [0.5, 0.6) is 0 Å². The van der Waals surface area contributed by atoms with E-state index in [1.807, 2.05) is 6.92 Å². The molecule has 6 heteroatoms. The van der Waals surface area contributed by atoms with Crippen molar-refractivity contribution in [1.82, 2.24) is 10.2 Å². The molecule has 1 heterocycles. The number of hydrogen-bond donors (Lipinski definition) is 2. The third-order valence-electron chi connectivity index (χ3n) is 1.59. The van der Waals surface area contributed by atoms with Crippen LogP contribution in [0.3, 0.4) is 0 Å². The van der Waals surface area contributed by atoms with Gasteiger partial charge in [-0.25, -0.2) is 0 Å². The number of hydrogen-bond acceptors (Lipinski definition) is 5. The number of nitrogen functional groups attached to an aromatic ring is 1. The van der Waals surface area contributed by atoms with Crippen LogP contribution in [0.4, 0.5) is 5.69 Å². The van der Waals surface area contributed by atoms with Gasteiger partial charge in [0.05, 0.1) is 23.7 Å². The number of carbonyl (C=O) groups excluding carboxylic acids is 1. The molecule has 1 aromatic heterocycles. The van der Waals surface area contributed by atoms with Crippen molar-refractivity contribution in [3.05, 3.63) is 5.69 Å². The maximum absolute atomic E-state index is 11.0. The molecular weight excluding hydrogens is 202 g/mol. The lowest BCUT2D eigenvalue weighted by Crippen LogP contribution is -2.06. The van der Waals surface area contributed by atoms with Gasteiger partial charge in [-0.2, -0.15) is 5.10 Å².